The molecule has 0 unspecified atom stereocenters. The summed E-state index contributed by atoms with van der Waals surface area (Å²) in [6.45, 7) is 5.42. The summed E-state index contributed by atoms with van der Waals surface area (Å²) in [6, 6.07) is 12.4. The maximum atomic E-state index is 12.9. The number of anilines is 1. The highest BCUT2D eigenvalue weighted by molar-refractivity contribution is 7.89. The summed E-state index contributed by atoms with van der Waals surface area (Å²) in [5.74, 6) is 0.708. The Bertz CT molecular complexity index is 931. The van der Waals surface area contributed by atoms with Crippen molar-refractivity contribution in [3.05, 3.63) is 53.6 Å². The number of carbonyl (C=O) groups is 1. The van der Waals surface area contributed by atoms with Crippen molar-refractivity contribution in [2.75, 3.05) is 38.2 Å². The molecule has 1 fully saturated rings. The molecule has 0 amide bonds. The van der Waals surface area contributed by atoms with E-state index in [-0.39, 0.29) is 5.78 Å². The topological polar surface area (TPSA) is 66.9 Å². The van der Waals surface area contributed by atoms with Crippen LogP contribution in [0.4, 0.5) is 5.69 Å². The number of Topliss-reactive ketones (excluding diaryl/α,β-unsaturated/α-hetero) is 1. The second kappa shape index (κ2) is 7.70. The summed E-state index contributed by atoms with van der Waals surface area (Å²) in [5, 5.41) is 0. The first kappa shape index (κ1) is 19.4. The first-order valence-corrected chi connectivity index (χ1v) is 10.3. The molecular formula is C20H24N2O4S. The van der Waals surface area contributed by atoms with Gasteiger partial charge in [-0.05, 0) is 61.9 Å². The van der Waals surface area contributed by atoms with Gasteiger partial charge in [0.1, 0.15) is 5.75 Å². The quantitative estimate of drug-likeness (QED) is 0.737. The van der Waals surface area contributed by atoms with Gasteiger partial charge in [0.15, 0.2) is 5.78 Å². The minimum absolute atomic E-state index is 0.0345. The van der Waals surface area contributed by atoms with Crippen molar-refractivity contribution in [3.8, 4) is 5.75 Å². The van der Waals surface area contributed by atoms with E-state index in [9.17, 15) is 13.2 Å². The monoisotopic (exact) mass is 388 g/mol. The summed E-state index contributed by atoms with van der Waals surface area (Å²) in [5.41, 5.74) is 2.47. The Morgan fingerprint density at radius 1 is 1.00 bits per heavy atom. The minimum atomic E-state index is -3.53. The number of hydrogen-bond donors (Lipinski definition) is 0. The van der Waals surface area contributed by atoms with Crippen LogP contribution in [-0.2, 0) is 10.0 Å². The summed E-state index contributed by atoms with van der Waals surface area (Å²) in [4.78, 5) is 13.8. The number of nitrogens with zero attached hydrogens (tertiary/aromatic N) is 2. The van der Waals surface area contributed by atoms with Crippen molar-refractivity contribution < 1.29 is 17.9 Å². The van der Waals surface area contributed by atoms with Crippen molar-refractivity contribution >= 4 is 21.5 Å². The number of hydrogen-bond acceptors (Lipinski definition) is 5. The Balaban J connectivity index is 1.71. The molecule has 27 heavy (non-hydrogen) atoms. The van der Waals surface area contributed by atoms with Crippen LogP contribution in [0.15, 0.2) is 47.4 Å². The van der Waals surface area contributed by atoms with Gasteiger partial charge >= 0.3 is 0 Å². The van der Waals surface area contributed by atoms with Crippen LogP contribution in [0.1, 0.15) is 22.8 Å². The maximum Gasteiger partial charge on any atom is 0.243 e. The van der Waals surface area contributed by atoms with Gasteiger partial charge in [0, 0.05) is 37.4 Å². The van der Waals surface area contributed by atoms with Gasteiger partial charge in [-0.2, -0.15) is 4.31 Å². The highest BCUT2D eigenvalue weighted by Gasteiger charge is 2.29. The van der Waals surface area contributed by atoms with Crippen molar-refractivity contribution in [1.82, 2.24) is 4.31 Å². The molecule has 6 nitrogen and oxygen atoms in total. The number of piperazine rings is 1. The second-order valence-electron chi connectivity index (χ2n) is 6.63. The fourth-order valence-corrected chi connectivity index (χ4v) is 4.76. The maximum absolute atomic E-state index is 12.9. The van der Waals surface area contributed by atoms with Gasteiger partial charge in [-0.25, -0.2) is 8.42 Å². The molecule has 144 valence electrons. The average Bonchev–Trinajstić information content (AvgIpc) is 2.68. The number of rotatable bonds is 5. The Morgan fingerprint density at radius 2 is 1.63 bits per heavy atom. The van der Waals surface area contributed by atoms with Crippen molar-refractivity contribution in [2.24, 2.45) is 0 Å². The summed E-state index contributed by atoms with van der Waals surface area (Å²) in [6.07, 6.45) is 0. The largest absolute Gasteiger partial charge is 0.496 e. The molecule has 1 aliphatic rings. The predicted octanol–water partition coefficient (Wildman–Crippen LogP) is 2.72. The van der Waals surface area contributed by atoms with Crippen LogP contribution < -0.4 is 9.64 Å². The van der Waals surface area contributed by atoms with E-state index in [1.165, 1.54) is 4.31 Å². The number of carbonyl (C=O) groups excluding carboxylic acids is 1. The number of aryl methyl sites for hydroxylation is 1. The molecule has 1 saturated heterocycles. The molecule has 0 radical (unpaired) electrons. The SMILES string of the molecule is COc1ccc(S(=O)(=O)N2CCN(c3ccc(C(C)=O)cc3)CC2)cc1C. The lowest BCUT2D eigenvalue weighted by Crippen LogP contribution is -2.48. The molecular weight excluding hydrogens is 364 g/mol. The van der Waals surface area contributed by atoms with Crippen molar-refractivity contribution in [1.29, 1.82) is 0 Å². The van der Waals surface area contributed by atoms with Crippen LogP contribution in [0, 0.1) is 6.92 Å². The normalized spacial score (nSPS) is 15.6. The predicted molar refractivity (Wildman–Crippen MR) is 105 cm³/mol. The average molecular weight is 388 g/mol. The zero-order chi connectivity index (χ0) is 19.6. The third kappa shape index (κ3) is 3.99. The first-order chi connectivity index (χ1) is 12.8. The smallest absolute Gasteiger partial charge is 0.243 e. The van der Waals surface area contributed by atoms with Crippen LogP contribution in [0.2, 0.25) is 0 Å². The minimum Gasteiger partial charge on any atom is -0.496 e. The van der Waals surface area contributed by atoms with E-state index in [4.69, 9.17) is 4.74 Å². The number of methoxy groups -OCH3 is 1. The van der Waals surface area contributed by atoms with Crippen LogP contribution in [0.25, 0.3) is 0 Å². The number of ether oxygens (including phenoxy) is 1. The molecule has 0 spiro atoms. The Labute approximate surface area is 160 Å². The Hall–Kier alpha value is -2.38. The van der Waals surface area contributed by atoms with Gasteiger partial charge in [0.2, 0.25) is 10.0 Å². The van der Waals surface area contributed by atoms with E-state index in [0.29, 0.717) is 42.4 Å². The molecule has 0 aliphatic carbocycles. The number of ketones is 1. The standard InChI is InChI=1S/C20H24N2O4S/c1-15-14-19(8-9-20(15)26-3)27(24,25)22-12-10-21(11-13-22)18-6-4-17(5-7-18)16(2)23/h4-9,14H,10-13H2,1-3H3. The second-order valence-corrected chi connectivity index (χ2v) is 8.56. The lowest BCUT2D eigenvalue weighted by molar-refractivity contribution is 0.101. The fourth-order valence-electron chi connectivity index (χ4n) is 3.25. The number of benzene rings is 2. The fraction of sp³-hybridized carbons (Fsp3) is 0.350. The van der Waals surface area contributed by atoms with Crippen molar-refractivity contribution in [2.45, 2.75) is 18.7 Å². The van der Waals surface area contributed by atoms with E-state index in [1.807, 2.05) is 19.1 Å². The van der Waals surface area contributed by atoms with Gasteiger partial charge in [-0.15, -0.1) is 0 Å². The lowest BCUT2D eigenvalue weighted by Gasteiger charge is -2.35. The zero-order valence-corrected chi connectivity index (χ0v) is 16.6. The summed E-state index contributed by atoms with van der Waals surface area (Å²) in [7, 11) is -1.96. The Morgan fingerprint density at radius 3 is 2.15 bits per heavy atom. The number of sulfonamides is 1. The third-order valence-electron chi connectivity index (χ3n) is 4.88. The molecule has 2 aromatic carbocycles. The van der Waals surface area contributed by atoms with E-state index < -0.39 is 10.0 Å². The Kier molecular flexibility index (Phi) is 5.53. The highest BCUT2D eigenvalue weighted by atomic mass is 32.2. The van der Waals surface area contributed by atoms with Crippen LogP contribution >= 0.6 is 0 Å². The van der Waals surface area contributed by atoms with Crippen molar-refractivity contribution in [3.63, 3.8) is 0 Å². The molecule has 0 atom stereocenters. The summed E-state index contributed by atoms with van der Waals surface area (Å²) >= 11 is 0. The highest BCUT2D eigenvalue weighted by Crippen LogP contribution is 2.25. The van der Waals surface area contributed by atoms with E-state index in [0.717, 1.165) is 11.3 Å². The van der Waals surface area contributed by atoms with Gasteiger partial charge in [0.05, 0.1) is 12.0 Å². The van der Waals surface area contributed by atoms with E-state index in [2.05, 4.69) is 4.90 Å². The molecule has 2 aromatic rings. The van der Waals surface area contributed by atoms with E-state index >= 15 is 0 Å². The van der Waals surface area contributed by atoms with Crippen LogP contribution in [0.3, 0.4) is 0 Å². The molecule has 3 rings (SSSR count). The lowest BCUT2D eigenvalue weighted by atomic mass is 10.1. The van der Waals surface area contributed by atoms with Crippen LogP contribution in [0.5, 0.6) is 5.75 Å². The molecule has 1 heterocycles. The molecule has 1 aliphatic heterocycles. The molecule has 0 bridgehead atoms. The zero-order valence-electron chi connectivity index (χ0n) is 15.8. The van der Waals surface area contributed by atoms with Gasteiger partial charge < -0.3 is 9.64 Å². The molecule has 0 saturated carbocycles. The summed E-state index contributed by atoms with van der Waals surface area (Å²) < 4.78 is 32.6. The molecule has 7 heteroatoms. The van der Waals surface area contributed by atoms with Crippen LogP contribution in [-0.4, -0.2) is 51.8 Å². The van der Waals surface area contributed by atoms with Gasteiger partial charge in [-0.3, -0.25) is 4.79 Å². The molecule has 0 N–H and O–H groups in total. The third-order valence-corrected chi connectivity index (χ3v) is 6.78. The van der Waals surface area contributed by atoms with E-state index in [1.54, 1.807) is 44.4 Å². The van der Waals surface area contributed by atoms with Gasteiger partial charge in [-0.1, -0.05) is 0 Å². The van der Waals surface area contributed by atoms with Gasteiger partial charge in [0.25, 0.3) is 0 Å². The first-order valence-electron chi connectivity index (χ1n) is 8.83. The molecule has 0 aromatic heterocycles.